The van der Waals surface area contributed by atoms with Crippen molar-refractivity contribution in [3.63, 3.8) is 0 Å². The predicted molar refractivity (Wildman–Crippen MR) is 70.8 cm³/mol. The van der Waals surface area contributed by atoms with Crippen LogP contribution in [-0.2, 0) is 0 Å². The Balaban J connectivity index is 2.84. The SMILES string of the molecule is C=C(C)CN[C@H](C)c1ccc(OC)cc1OC. The van der Waals surface area contributed by atoms with Crippen molar-refractivity contribution < 1.29 is 9.47 Å². The summed E-state index contributed by atoms with van der Waals surface area (Å²) < 4.78 is 10.5. The second-order valence-electron chi connectivity index (χ2n) is 4.17. The first-order valence-corrected chi connectivity index (χ1v) is 5.68. The molecular weight excluding hydrogens is 214 g/mol. The van der Waals surface area contributed by atoms with Crippen molar-refractivity contribution in [3.05, 3.63) is 35.9 Å². The molecule has 0 spiro atoms. The van der Waals surface area contributed by atoms with Crippen molar-refractivity contribution in [1.82, 2.24) is 5.32 Å². The molecule has 3 nitrogen and oxygen atoms in total. The lowest BCUT2D eigenvalue weighted by Gasteiger charge is -2.18. The van der Waals surface area contributed by atoms with Crippen LogP contribution in [0.3, 0.4) is 0 Å². The highest BCUT2D eigenvalue weighted by molar-refractivity contribution is 5.42. The second kappa shape index (κ2) is 6.30. The van der Waals surface area contributed by atoms with Gasteiger partial charge in [-0.05, 0) is 19.9 Å². The van der Waals surface area contributed by atoms with Gasteiger partial charge in [0.25, 0.3) is 0 Å². The minimum Gasteiger partial charge on any atom is -0.497 e. The zero-order valence-electron chi connectivity index (χ0n) is 11.0. The zero-order chi connectivity index (χ0) is 12.8. The Kier molecular flexibility index (Phi) is 5.04. The molecule has 0 unspecified atom stereocenters. The lowest BCUT2D eigenvalue weighted by molar-refractivity contribution is 0.386. The summed E-state index contributed by atoms with van der Waals surface area (Å²) in [6.07, 6.45) is 0. The van der Waals surface area contributed by atoms with Crippen LogP contribution in [0.1, 0.15) is 25.5 Å². The molecule has 1 rings (SSSR count). The van der Waals surface area contributed by atoms with Crippen molar-refractivity contribution in [3.8, 4) is 11.5 Å². The molecule has 94 valence electrons. The Morgan fingerprint density at radius 1 is 1.35 bits per heavy atom. The van der Waals surface area contributed by atoms with E-state index < -0.39 is 0 Å². The van der Waals surface area contributed by atoms with E-state index in [1.165, 1.54) is 0 Å². The van der Waals surface area contributed by atoms with Crippen LogP contribution in [0, 0.1) is 0 Å². The maximum Gasteiger partial charge on any atom is 0.127 e. The lowest BCUT2D eigenvalue weighted by atomic mass is 10.1. The van der Waals surface area contributed by atoms with E-state index in [1.54, 1.807) is 14.2 Å². The smallest absolute Gasteiger partial charge is 0.127 e. The van der Waals surface area contributed by atoms with Gasteiger partial charge in [-0.1, -0.05) is 18.2 Å². The third-order valence-corrected chi connectivity index (χ3v) is 2.62. The molecule has 0 heterocycles. The summed E-state index contributed by atoms with van der Waals surface area (Å²) in [6, 6.07) is 6.08. The highest BCUT2D eigenvalue weighted by Gasteiger charge is 2.11. The third-order valence-electron chi connectivity index (χ3n) is 2.62. The maximum atomic E-state index is 5.37. The van der Waals surface area contributed by atoms with Gasteiger partial charge in [0, 0.05) is 24.2 Å². The van der Waals surface area contributed by atoms with Crippen molar-refractivity contribution in [2.24, 2.45) is 0 Å². The highest BCUT2D eigenvalue weighted by Crippen LogP contribution is 2.29. The number of benzene rings is 1. The van der Waals surface area contributed by atoms with Gasteiger partial charge in [0.15, 0.2) is 0 Å². The minimum atomic E-state index is 0.215. The average Bonchev–Trinajstić information content (AvgIpc) is 2.34. The van der Waals surface area contributed by atoms with Gasteiger partial charge in [-0.15, -0.1) is 0 Å². The molecule has 0 amide bonds. The summed E-state index contributed by atoms with van der Waals surface area (Å²) >= 11 is 0. The first-order valence-electron chi connectivity index (χ1n) is 5.68. The van der Waals surface area contributed by atoms with Gasteiger partial charge in [-0.3, -0.25) is 0 Å². The molecule has 0 radical (unpaired) electrons. The molecule has 0 aliphatic heterocycles. The van der Waals surface area contributed by atoms with Crippen LogP contribution in [0.5, 0.6) is 11.5 Å². The lowest BCUT2D eigenvalue weighted by Crippen LogP contribution is -2.20. The van der Waals surface area contributed by atoms with Gasteiger partial charge >= 0.3 is 0 Å². The molecule has 0 fully saturated rings. The number of rotatable bonds is 6. The normalized spacial score (nSPS) is 12.0. The zero-order valence-corrected chi connectivity index (χ0v) is 11.0. The molecule has 0 bridgehead atoms. The van der Waals surface area contributed by atoms with Crippen LogP contribution in [-0.4, -0.2) is 20.8 Å². The van der Waals surface area contributed by atoms with Crippen LogP contribution < -0.4 is 14.8 Å². The fraction of sp³-hybridized carbons (Fsp3) is 0.429. The molecule has 1 atom stereocenters. The molecule has 1 N–H and O–H groups in total. The maximum absolute atomic E-state index is 5.37. The summed E-state index contributed by atoms with van der Waals surface area (Å²) in [6.45, 7) is 8.79. The van der Waals surface area contributed by atoms with Gasteiger partial charge in [0.2, 0.25) is 0 Å². The summed E-state index contributed by atoms with van der Waals surface area (Å²) in [4.78, 5) is 0. The van der Waals surface area contributed by atoms with E-state index in [0.29, 0.717) is 0 Å². The molecule has 17 heavy (non-hydrogen) atoms. The quantitative estimate of drug-likeness (QED) is 0.769. The average molecular weight is 235 g/mol. The molecule has 0 aliphatic carbocycles. The Morgan fingerprint density at radius 2 is 2.06 bits per heavy atom. The first kappa shape index (κ1) is 13.6. The summed E-state index contributed by atoms with van der Waals surface area (Å²) in [7, 11) is 3.32. The Bertz CT molecular complexity index is 388. The van der Waals surface area contributed by atoms with Gasteiger partial charge < -0.3 is 14.8 Å². The van der Waals surface area contributed by atoms with E-state index in [4.69, 9.17) is 9.47 Å². The molecule has 0 aliphatic rings. The Labute approximate surface area is 103 Å². The summed E-state index contributed by atoms with van der Waals surface area (Å²) in [5.74, 6) is 1.64. The number of hydrogen-bond donors (Lipinski definition) is 1. The fourth-order valence-corrected chi connectivity index (χ4v) is 1.61. The van der Waals surface area contributed by atoms with E-state index in [1.807, 2.05) is 25.1 Å². The number of ether oxygens (including phenoxy) is 2. The Hall–Kier alpha value is -1.48. The van der Waals surface area contributed by atoms with E-state index >= 15 is 0 Å². The van der Waals surface area contributed by atoms with E-state index in [0.717, 1.165) is 29.2 Å². The van der Waals surface area contributed by atoms with Crippen LogP contribution in [0.25, 0.3) is 0 Å². The van der Waals surface area contributed by atoms with Gasteiger partial charge in [-0.2, -0.15) is 0 Å². The monoisotopic (exact) mass is 235 g/mol. The van der Waals surface area contributed by atoms with E-state index in [-0.39, 0.29) is 6.04 Å². The molecule has 0 saturated heterocycles. The number of hydrogen-bond acceptors (Lipinski definition) is 3. The van der Waals surface area contributed by atoms with Gasteiger partial charge in [0.05, 0.1) is 14.2 Å². The molecule has 3 heteroatoms. The summed E-state index contributed by atoms with van der Waals surface area (Å²) in [5, 5.41) is 3.39. The highest BCUT2D eigenvalue weighted by atomic mass is 16.5. The van der Waals surface area contributed by atoms with Crippen LogP contribution in [0.15, 0.2) is 30.4 Å². The molecular formula is C14H21NO2. The van der Waals surface area contributed by atoms with Crippen molar-refractivity contribution in [2.75, 3.05) is 20.8 Å². The summed E-state index contributed by atoms with van der Waals surface area (Å²) in [5.41, 5.74) is 2.24. The Morgan fingerprint density at radius 3 is 2.59 bits per heavy atom. The van der Waals surface area contributed by atoms with Crippen molar-refractivity contribution >= 4 is 0 Å². The van der Waals surface area contributed by atoms with Gasteiger partial charge in [-0.25, -0.2) is 0 Å². The number of nitrogens with one attached hydrogen (secondary N) is 1. The molecule has 1 aromatic carbocycles. The minimum absolute atomic E-state index is 0.215. The van der Waals surface area contributed by atoms with Crippen molar-refractivity contribution in [1.29, 1.82) is 0 Å². The van der Waals surface area contributed by atoms with E-state index in [2.05, 4.69) is 18.8 Å². The second-order valence-corrected chi connectivity index (χ2v) is 4.17. The first-order chi connectivity index (χ1) is 8.08. The van der Waals surface area contributed by atoms with Crippen LogP contribution in [0.2, 0.25) is 0 Å². The topological polar surface area (TPSA) is 30.5 Å². The van der Waals surface area contributed by atoms with Gasteiger partial charge in [0.1, 0.15) is 11.5 Å². The molecule has 1 aromatic rings. The fourth-order valence-electron chi connectivity index (χ4n) is 1.61. The predicted octanol–water partition coefficient (Wildman–Crippen LogP) is 2.93. The molecule has 0 saturated carbocycles. The largest absolute Gasteiger partial charge is 0.497 e. The van der Waals surface area contributed by atoms with Crippen LogP contribution in [0.4, 0.5) is 0 Å². The third kappa shape index (κ3) is 3.79. The van der Waals surface area contributed by atoms with Crippen LogP contribution >= 0.6 is 0 Å². The standard InChI is InChI=1S/C14H21NO2/c1-10(2)9-15-11(3)13-7-6-12(16-4)8-14(13)17-5/h6-8,11,15H,1,9H2,2-5H3/t11-/m1/s1. The molecule has 0 aromatic heterocycles. The van der Waals surface area contributed by atoms with E-state index in [9.17, 15) is 0 Å². The van der Waals surface area contributed by atoms with Crippen molar-refractivity contribution in [2.45, 2.75) is 19.9 Å². The number of methoxy groups -OCH3 is 2.